The lowest BCUT2D eigenvalue weighted by molar-refractivity contribution is 0.101. The molecule has 0 saturated carbocycles. The molecule has 1 aliphatic heterocycles. The average Bonchev–Trinajstić information content (AvgIpc) is 3.51. The molecule has 0 fully saturated rings. The molecule has 0 bridgehead atoms. The first-order valence-electron chi connectivity index (χ1n) is 13.4. The number of aromatic nitrogens is 3. The number of fused-ring (bicyclic) bond motifs is 2. The van der Waals surface area contributed by atoms with Crippen LogP contribution in [0, 0.1) is 6.92 Å². The molecule has 1 atom stereocenters. The second-order valence-corrected chi connectivity index (χ2v) is 11.4. The first kappa shape index (κ1) is 27.5. The quantitative estimate of drug-likeness (QED) is 0.235. The van der Waals surface area contributed by atoms with Gasteiger partial charge < -0.3 is 24.9 Å². The maximum atomic E-state index is 13.3. The molecule has 10 heteroatoms. The van der Waals surface area contributed by atoms with E-state index < -0.39 is 0 Å². The summed E-state index contributed by atoms with van der Waals surface area (Å²) in [6.07, 6.45) is 0.855. The lowest BCUT2D eigenvalue weighted by atomic mass is 9.96. The zero-order chi connectivity index (χ0) is 29.0. The number of likely N-dealkylation sites (N-methyl/N-ethyl adjacent to an activating group) is 1. The van der Waals surface area contributed by atoms with Gasteiger partial charge in [0.1, 0.15) is 5.52 Å². The van der Waals surface area contributed by atoms with Crippen LogP contribution in [0.2, 0.25) is 10.0 Å². The second kappa shape index (κ2) is 10.6. The highest BCUT2D eigenvalue weighted by Crippen LogP contribution is 2.40. The Bertz CT molecular complexity index is 1820. The largest absolute Gasteiger partial charge is 0.434 e. The highest BCUT2D eigenvalue weighted by Gasteiger charge is 2.25. The molecule has 0 aliphatic carbocycles. The van der Waals surface area contributed by atoms with Crippen molar-refractivity contribution in [2.45, 2.75) is 32.9 Å². The summed E-state index contributed by atoms with van der Waals surface area (Å²) in [6, 6.07) is 15.0. The Hall–Kier alpha value is -3.69. The van der Waals surface area contributed by atoms with Crippen LogP contribution in [-0.2, 0) is 20.0 Å². The van der Waals surface area contributed by atoms with E-state index in [1.54, 1.807) is 6.07 Å². The number of carbonyl (C=O) groups is 1. The molecule has 3 heterocycles. The van der Waals surface area contributed by atoms with Crippen LogP contribution in [0.4, 0.5) is 5.69 Å². The van der Waals surface area contributed by atoms with E-state index in [4.69, 9.17) is 38.3 Å². The van der Waals surface area contributed by atoms with Crippen molar-refractivity contribution in [3.8, 4) is 22.6 Å². The summed E-state index contributed by atoms with van der Waals surface area (Å²) in [7, 11) is 3.94. The van der Waals surface area contributed by atoms with Crippen LogP contribution in [-0.4, -0.2) is 38.9 Å². The molecule has 0 saturated heterocycles. The molecule has 5 aromatic rings. The third-order valence-electron chi connectivity index (χ3n) is 7.74. The fourth-order valence-electron chi connectivity index (χ4n) is 5.43. The molecular weight excluding hydrogens is 559 g/mol. The molecule has 6 rings (SSSR count). The Morgan fingerprint density at radius 1 is 1.07 bits per heavy atom. The fraction of sp³-hybridized carbons (Fsp3) is 0.258. The molecule has 8 nitrogen and oxygen atoms in total. The van der Waals surface area contributed by atoms with Crippen molar-refractivity contribution in [1.29, 1.82) is 0 Å². The Balaban J connectivity index is 1.34. The Kier molecular flexibility index (Phi) is 7.11. The number of oxazole rings is 1. The number of carbonyl (C=O) groups excluding carboxylic acids is 1. The molecular formula is C31H30Cl2N6O2. The van der Waals surface area contributed by atoms with Gasteiger partial charge in [-0.3, -0.25) is 4.79 Å². The van der Waals surface area contributed by atoms with E-state index in [0.29, 0.717) is 38.5 Å². The number of hydrogen-bond donors (Lipinski definition) is 2. The van der Waals surface area contributed by atoms with Crippen LogP contribution in [0.5, 0.6) is 0 Å². The van der Waals surface area contributed by atoms with Crippen LogP contribution in [0.3, 0.4) is 0 Å². The SMILES string of the molecule is Cc1c(-c2nc3cc(C(C)N)cc(Cl)c3o2)cccc1-c1cccc(NC(=O)c2nc3c(n2C)CCN(C)C3)c1Cl. The highest BCUT2D eigenvalue weighted by molar-refractivity contribution is 6.36. The molecule has 3 aromatic carbocycles. The first-order valence-corrected chi connectivity index (χ1v) is 14.2. The van der Waals surface area contributed by atoms with Gasteiger partial charge in [-0.25, -0.2) is 9.97 Å². The van der Waals surface area contributed by atoms with E-state index in [1.807, 2.05) is 67.9 Å². The lowest BCUT2D eigenvalue weighted by Gasteiger charge is -2.21. The summed E-state index contributed by atoms with van der Waals surface area (Å²) in [5.41, 5.74) is 14.1. The maximum absolute atomic E-state index is 13.3. The van der Waals surface area contributed by atoms with Crippen molar-refractivity contribution in [2.24, 2.45) is 12.8 Å². The predicted molar refractivity (Wildman–Crippen MR) is 163 cm³/mol. The van der Waals surface area contributed by atoms with E-state index in [9.17, 15) is 4.79 Å². The maximum Gasteiger partial charge on any atom is 0.291 e. The zero-order valence-electron chi connectivity index (χ0n) is 23.3. The van der Waals surface area contributed by atoms with Gasteiger partial charge in [0, 0.05) is 49.4 Å². The molecule has 1 aliphatic rings. The third-order valence-corrected chi connectivity index (χ3v) is 8.43. The van der Waals surface area contributed by atoms with Gasteiger partial charge >= 0.3 is 0 Å². The molecule has 0 spiro atoms. The van der Waals surface area contributed by atoms with Gasteiger partial charge in [-0.1, -0.05) is 47.5 Å². The minimum Gasteiger partial charge on any atom is -0.434 e. The summed E-state index contributed by atoms with van der Waals surface area (Å²) in [4.78, 5) is 24.9. The summed E-state index contributed by atoms with van der Waals surface area (Å²) in [6.45, 7) is 5.55. The number of nitrogens with two attached hydrogens (primary N) is 1. The van der Waals surface area contributed by atoms with Gasteiger partial charge in [0.2, 0.25) is 5.89 Å². The Labute approximate surface area is 248 Å². The first-order chi connectivity index (χ1) is 19.6. The van der Waals surface area contributed by atoms with Crippen molar-refractivity contribution in [1.82, 2.24) is 19.4 Å². The van der Waals surface area contributed by atoms with Crippen molar-refractivity contribution in [3.05, 3.63) is 86.9 Å². The molecule has 210 valence electrons. The number of amides is 1. The van der Waals surface area contributed by atoms with Crippen molar-refractivity contribution in [3.63, 3.8) is 0 Å². The van der Waals surface area contributed by atoms with Crippen molar-refractivity contribution in [2.75, 3.05) is 18.9 Å². The summed E-state index contributed by atoms with van der Waals surface area (Å²) < 4.78 is 7.99. The smallest absolute Gasteiger partial charge is 0.291 e. The van der Waals surface area contributed by atoms with Crippen LogP contribution in [0.25, 0.3) is 33.7 Å². The topological polar surface area (TPSA) is 102 Å². The monoisotopic (exact) mass is 588 g/mol. The van der Waals surface area contributed by atoms with Crippen LogP contribution >= 0.6 is 23.2 Å². The van der Waals surface area contributed by atoms with Gasteiger partial charge in [-0.2, -0.15) is 0 Å². The molecule has 0 radical (unpaired) electrons. The van der Waals surface area contributed by atoms with E-state index in [1.165, 1.54) is 0 Å². The van der Waals surface area contributed by atoms with Gasteiger partial charge in [0.05, 0.1) is 21.4 Å². The molecule has 1 amide bonds. The number of hydrogen-bond acceptors (Lipinski definition) is 6. The third kappa shape index (κ3) is 4.91. The van der Waals surface area contributed by atoms with E-state index in [0.717, 1.165) is 58.7 Å². The minimum atomic E-state index is -0.302. The minimum absolute atomic E-state index is 0.179. The Morgan fingerprint density at radius 2 is 1.80 bits per heavy atom. The van der Waals surface area contributed by atoms with Gasteiger partial charge in [-0.05, 0) is 61.9 Å². The molecule has 41 heavy (non-hydrogen) atoms. The summed E-state index contributed by atoms with van der Waals surface area (Å²) in [5, 5.41) is 3.88. The standard InChI is InChI=1S/C31H30Cl2N6O2/c1-16-19(7-5-8-20(16)31-37-24-14-18(17(2)34)13-22(32)28(24)41-31)21-9-6-10-23(27(21)33)36-30(40)29-35-25-15-38(3)12-11-26(25)39(29)4/h5-10,13-14,17H,11-12,15,34H2,1-4H3,(H,36,40). The predicted octanol–water partition coefficient (Wildman–Crippen LogP) is 6.77. The van der Waals surface area contributed by atoms with Gasteiger partial charge in [0.15, 0.2) is 11.4 Å². The Morgan fingerprint density at radius 3 is 2.59 bits per heavy atom. The zero-order valence-corrected chi connectivity index (χ0v) is 24.8. The molecule has 2 aromatic heterocycles. The number of imidazole rings is 1. The van der Waals surface area contributed by atoms with Crippen molar-refractivity contribution < 1.29 is 9.21 Å². The number of benzene rings is 3. The molecule has 1 unspecified atom stereocenters. The second-order valence-electron chi connectivity index (χ2n) is 10.6. The molecule has 3 N–H and O–H groups in total. The normalized spacial score (nSPS) is 14.3. The van der Waals surface area contributed by atoms with Crippen LogP contribution < -0.4 is 11.1 Å². The van der Waals surface area contributed by atoms with Crippen LogP contribution in [0.15, 0.2) is 52.9 Å². The number of halogens is 2. The van der Waals surface area contributed by atoms with E-state index in [2.05, 4.69) is 22.2 Å². The average molecular weight is 590 g/mol. The number of anilines is 1. The van der Waals surface area contributed by atoms with E-state index >= 15 is 0 Å². The van der Waals surface area contributed by atoms with Crippen LogP contribution in [0.1, 0.15) is 46.1 Å². The highest BCUT2D eigenvalue weighted by atomic mass is 35.5. The number of rotatable bonds is 5. The van der Waals surface area contributed by atoms with Gasteiger partial charge in [-0.15, -0.1) is 0 Å². The lowest BCUT2D eigenvalue weighted by Crippen LogP contribution is -2.27. The number of nitrogens with one attached hydrogen (secondary N) is 1. The van der Waals surface area contributed by atoms with E-state index in [-0.39, 0.29) is 11.9 Å². The number of nitrogens with zero attached hydrogens (tertiary/aromatic N) is 4. The summed E-state index contributed by atoms with van der Waals surface area (Å²) >= 11 is 13.4. The van der Waals surface area contributed by atoms with Gasteiger partial charge in [0.25, 0.3) is 5.91 Å². The summed E-state index contributed by atoms with van der Waals surface area (Å²) in [5.74, 6) is 0.517. The fourth-order valence-corrected chi connectivity index (χ4v) is 5.96. The van der Waals surface area contributed by atoms with Crippen molar-refractivity contribution >= 4 is 45.9 Å².